The number of para-hydroxylation sites is 1. The minimum Gasteiger partial charge on any atom is -0.385 e. The Kier molecular flexibility index (Phi) is 7.59. The number of hydrogen-bond donors (Lipinski definition) is 3. The van der Waals surface area contributed by atoms with Gasteiger partial charge in [-0.25, -0.2) is 0 Å². The summed E-state index contributed by atoms with van der Waals surface area (Å²) in [6.07, 6.45) is 14.1. The van der Waals surface area contributed by atoms with E-state index in [4.69, 9.17) is 0 Å². The maximum absolute atomic E-state index is 12.9. The van der Waals surface area contributed by atoms with Crippen molar-refractivity contribution in [3.63, 3.8) is 0 Å². The van der Waals surface area contributed by atoms with Crippen molar-refractivity contribution in [2.24, 2.45) is 0 Å². The SMILES string of the molecule is O=C(Nc1ccc2c(c1)NCCCCCCCCCCC2)c1c[nH]c2ccccc2c1=O. The Hall–Kier alpha value is -3.08. The van der Waals surface area contributed by atoms with Crippen molar-refractivity contribution in [3.8, 4) is 0 Å². The second-order valence-corrected chi connectivity index (χ2v) is 8.76. The predicted molar refractivity (Wildman–Crippen MR) is 133 cm³/mol. The van der Waals surface area contributed by atoms with Crippen molar-refractivity contribution in [1.29, 1.82) is 0 Å². The topological polar surface area (TPSA) is 74.0 Å². The fraction of sp³-hybridized carbons (Fsp3) is 0.407. The van der Waals surface area contributed by atoms with Gasteiger partial charge in [-0.05, 0) is 49.1 Å². The Labute approximate surface area is 189 Å². The molecule has 168 valence electrons. The number of carbonyl (C=O) groups excluding carboxylic acids is 1. The summed E-state index contributed by atoms with van der Waals surface area (Å²) >= 11 is 0. The molecule has 2 aromatic carbocycles. The maximum atomic E-state index is 12.9. The fourth-order valence-corrected chi connectivity index (χ4v) is 4.47. The van der Waals surface area contributed by atoms with Crippen LogP contribution in [0.25, 0.3) is 10.9 Å². The molecule has 3 N–H and O–H groups in total. The summed E-state index contributed by atoms with van der Waals surface area (Å²) in [5.74, 6) is -0.391. The molecule has 5 nitrogen and oxygen atoms in total. The largest absolute Gasteiger partial charge is 0.385 e. The van der Waals surface area contributed by atoms with Gasteiger partial charge in [-0.2, -0.15) is 0 Å². The monoisotopic (exact) mass is 431 g/mol. The molecular formula is C27H33N3O2. The molecule has 1 aliphatic rings. The molecular weight excluding hydrogens is 398 g/mol. The standard InChI is InChI=1S/C27H33N3O2/c31-26-22-13-9-10-14-24(22)29-19-23(26)27(32)30-21-16-15-20-12-8-6-4-2-1-3-5-7-11-17-28-25(20)18-21/h9-10,13-16,18-19,28H,1-8,11-12,17H2,(H,29,31)(H,30,32). The molecule has 32 heavy (non-hydrogen) atoms. The van der Waals surface area contributed by atoms with Crippen LogP contribution in [0.2, 0.25) is 0 Å². The quantitative estimate of drug-likeness (QED) is 0.448. The van der Waals surface area contributed by atoms with E-state index in [-0.39, 0.29) is 11.0 Å². The van der Waals surface area contributed by atoms with Crippen molar-refractivity contribution < 1.29 is 4.79 Å². The molecule has 0 fully saturated rings. The first-order valence-corrected chi connectivity index (χ1v) is 12.0. The molecule has 0 unspecified atom stereocenters. The van der Waals surface area contributed by atoms with E-state index in [2.05, 4.69) is 21.7 Å². The zero-order valence-electron chi connectivity index (χ0n) is 18.7. The van der Waals surface area contributed by atoms with Gasteiger partial charge in [0.25, 0.3) is 5.91 Å². The van der Waals surface area contributed by atoms with Gasteiger partial charge in [-0.3, -0.25) is 9.59 Å². The van der Waals surface area contributed by atoms with Gasteiger partial charge in [-0.1, -0.05) is 63.1 Å². The van der Waals surface area contributed by atoms with Crippen molar-refractivity contribution in [3.05, 3.63) is 70.0 Å². The molecule has 0 spiro atoms. The minimum atomic E-state index is -0.391. The Morgan fingerprint density at radius 2 is 1.56 bits per heavy atom. The van der Waals surface area contributed by atoms with Gasteiger partial charge in [0.05, 0.1) is 0 Å². The Morgan fingerprint density at radius 3 is 2.38 bits per heavy atom. The highest BCUT2D eigenvalue weighted by Crippen LogP contribution is 2.24. The number of hydrogen-bond acceptors (Lipinski definition) is 3. The third-order valence-corrected chi connectivity index (χ3v) is 6.34. The number of H-pyrrole nitrogens is 1. The molecule has 1 aliphatic heterocycles. The van der Waals surface area contributed by atoms with Gasteiger partial charge >= 0.3 is 0 Å². The number of fused-ring (bicyclic) bond motifs is 2. The summed E-state index contributed by atoms with van der Waals surface area (Å²) < 4.78 is 0. The van der Waals surface area contributed by atoms with Gasteiger partial charge < -0.3 is 15.6 Å². The van der Waals surface area contributed by atoms with E-state index in [1.165, 1.54) is 63.1 Å². The highest BCUT2D eigenvalue weighted by atomic mass is 16.2. The number of benzene rings is 2. The predicted octanol–water partition coefficient (Wildman–Crippen LogP) is 6.26. The maximum Gasteiger partial charge on any atom is 0.261 e. The van der Waals surface area contributed by atoms with Crippen LogP contribution >= 0.6 is 0 Å². The van der Waals surface area contributed by atoms with Crippen LogP contribution in [0, 0.1) is 0 Å². The van der Waals surface area contributed by atoms with Crippen LogP contribution < -0.4 is 16.1 Å². The normalized spacial score (nSPS) is 15.9. The third kappa shape index (κ3) is 5.58. The number of amides is 1. The molecule has 0 aliphatic carbocycles. The second kappa shape index (κ2) is 11.0. The molecule has 5 heteroatoms. The fourth-order valence-electron chi connectivity index (χ4n) is 4.47. The molecule has 1 aromatic heterocycles. The summed E-state index contributed by atoms with van der Waals surface area (Å²) in [6.45, 7) is 0.939. The van der Waals surface area contributed by atoms with E-state index in [1.807, 2.05) is 24.3 Å². The minimum absolute atomic E-state index is 0.122. The van der Waals surface area contributed by atoms with E-state index in [1.54, 1.807) is 12.1 Å². The lowest BCUT2D eigenvalue weighted by Crippen LogP contribution is -2.22. The second-order valence-electron chi connectivity index (χ2n) is 8.76. The number of aromatic amines is 1. The molecule has 3 aromatic rings. The number of aryl methyl sites for hydroxylation is 1. The van der Waals surface area contributed by atoms with Crippen LogP contribution in [0.1, 0.15) is 73.7 Å². The van der Waals surface area contributed by atoms with Crippen molar-refractivity contribution >= 4 is 28.2 Å². The zero-order chi connectivity index (χ0) is 22.2. The van der Waals surface area contributed by atoms with Gasteiger partial charge in [-0.15, -0.1) is 0 Å². The molecule has 0 saturated carbocycles. The summed E-state index contributed by atoms with van der Waals surface area (Å²) in [4.78, 5) is 28.7. The lowest BCUT2D eigenvalue weighted by atomic mass is 10.0. The van der Waals surface area contributed by atoms with Crippen molar-refractivity contribution in [1.82, 2.24) is 4.98 Å². The van der Waals surface area contributed by atoms with Crippen LogP contribution in [0.5, 0.6) is 0 Å². The molecule has 0 atom stereocenters. The van der Waals surface area contributed by atoms with E-state index in [9.17, 15) is 9.59 Å². The number of anilines is 2. The number of carbonyl (C=O) groups is 1. The van der Waals surface area contributed by atoms with E-state index in [0.717, 1.165) is 30.6 Å². The molecule has 0 bridgehead atoms. The molecule has 1 amide bonds. The first-order valence-electron chi connectivity index (χ1n) is 12.0. The first-order chi connectivity index (χ1) is 15.7. The lowest BCUT2D eigenvalue weighted by Gasteiger charge is -2.15. The summed E-state index contributed by atoms with van der Waals surface area (Å²) in [6, 6.07) is 13.3. The van der Waals surface area contributed by atoms with E-state index >= 15 is 0 Å². The van der Waals surface area contributed by atoms with E-state index in [0.29, 0.717) is 11.1 Å². The van der Waals surface area contributed by atoms with Crippen LogP contribution in [-0.2, 0) is 6.42 Å². The smallest absolute Gasteiger partial charge is 0.261 e. The molecule has 0 radical (unpaired) electrons. The average Bonchev–Trinajstić information content (AvgIpc) is 2.81. The molecule has 0 saturated heterocycles. The number of rotatable bonds is 2. The highest BCUT2D eigenvalue weighted by Gasteiger charge is 2.14. The molecule has 4 rings (SSSR count). The van der Waals surface area contributed by atoms with Gasteiger partial charge in [0, 0.05) is 35.0 Å². The number of aromatic nitrogens is 1. The van der Waals surface area contributed by atoms with Gasteiger partial charge in [0.2, 0.25) is 5.43 Å². The van der Waals surface area contributed by atoms with Crippen LogP contribution in [-0.4, -0.2) is 17.4 Å². The summed E-state index contributed by atoms with van der Waals surface area (Å²) in [7, 11) is 0. The van der Waals surface area contributed by atoms with Crippen LogP contribution in [0.3, 0.4) is 0 Å². The number of nitrogens with one attached hydrogen (secondary N) is 3. The average molecular weight is 432 g/mol. The van der Waals surface area contributed by atoms with E-state index < -0.39 is 5.91 Å². The summed E-state index contributed by atoms with van der Waals surface area (Å²) in [5.41, 5.74) is 3.68. The van der Waals surface area contributed by atoms with Gasteiger partial charge in [0.15, 0.2) is 0 Å². The molecule has 2 heterocycles. The first kappa shape index (κ1) is 22.1. The summed E-state index contributed by atoms with van der Waals surface area (Å²) in [5, 5.41) is 7.03. The van der Waals surface area contributed by atoms with Crippen LogP contribution in [0.4, 0.5) is 11.4 Å². The number of pyridine rings is 1. The van der Waals surface area contributed by atoms with Crippen LogP contribution in [0.15, 0.2) is 53.5 Å². The lowest BCUT2D eigenvalue weighted by molar-refractivity contribution is 0.102. The van der Waals surface area contributed by atoms with Crippen molar-refractivity contribution in [2.75, 3.05) is 17.2 Å². The van der Waals surface area contributed by atoms with Gasteiger partial charge in [0.1, 0.15) is 5.56 Å². The highest BCUT2D eigenvalue weighted by molar-refractivity contribution is 6.05. The Balaban J connectivity index is 1.51. The Bertz CT molecular complexity index is 1120. The van der Waals surface area contributed by atoms with Crippen molar-refractivity contribution in [2.45, 2.75) is 64.2 Å². The third-order valence-electron chi connectivity index (χ3n) is 6.34. The zero-order valence-corrected chi connectivity index (χ0v) is 18.7. The Morgan fingerprint density at radius 1 is 0.844 bits per heavy atom.